The van der Waals surface area contributed by atoms with Crippen molar-refractivity contribution >= 4 is 21.6 Å². The topological polar surface area (TPSA) is 75.7 Å². The van der Waals surface area contributed by atoms with Crippen molar-refractivity contribution in [3.63, 3.8) is 0 Å². The van der Waals surface area contributed by atoms with Gasteiger partial charge in [-0.05, 0) is 54.3 Å². The van der Waals surface area contributed by atoms with Crippen molar-refractivity contribution in [2.75, 3.05) is 24.0 Å². The molecule has 7 heteroatoms. The second-order valence-electron chi connectivity index (χ2n) is 9.13. The number of amides is 1. The van der Waals surface area contributed by atoms with Crippen LogP contribution >= 0.6 is 0 Å². The Morgan fingerprint density at radius 2 is 1.53 bits per heavy atom. The molecular formula is C27H32N2O4S. The van der Waals surface area contributed by atoms with Crippen LogP contribution in [0.15, 0.2) is 83.8 Å². The summed E-state index contributed by atoms with van der Waals surface area (Å²) in [5.41, 5.74) is 2.71. The zero-order valence-corrected chi connectivity index (χ0v) is 20.9. The Kier molecular flexibility index (Phi) is 7.99. The van der Waals surface area contributed by atoms with Crippen molar-refractivity contribution in [1.82, 2.24) is 5.32 Å². The Labute approximate surface area is 202 Å². The number of carbonyl (C=O) groups excluding carboxylic acids is 1. The molecule has 6 nitrogen and oxygen atoms in total. The molecule has 0 saturated heterocycles. The van der Waals surface area contributed by atoms with Gasteiger partial charge in [-0.15, -0.1) is 0 Å². The lowest BCUT2D eigenvalue weighted by Gasteiger charge is -2.24. The smallest absolute Gasteiger partial charge is 0.264 e. The summed E-state index contributed by atoms with van der Waals surface area (Å²) in [5, 5.41) is 2.75. The maximum atomic E-state index is 13.3. The Balaban J connectivity index is 1.63. The summed E-state index contributed by atoms with van der Waals surface area (Å²) in [6.07, 6.45) is 0. The zero-order valence-electron chi connectivity index (χ0n) is 20.1. The summed E-state index contributed by atoms with van der Waals surface area (Å²) < 4.78 is 33.4. The monoisotopic (exact) mass is 480 g/mol. The molecule has 0 saturated carbocycles. The highest BCUT2D eigenvalue weighted by molar-refractivity contribution is 7.92. The second kappa shape index (κ2) is 10.7. The van der Waals surface area contributed by atoms with Crippen molar-refractivity contribution in [2.45, 2.75) is 38.0 Å². The Bertz CT molecular complexity index is 1180. The summed E-state index contributed by atoms with van der Waals surface area (Å²) in [6, 6.07) is 23.0. The standard InChI is InChI=1S/C27H32N2O4S/c1-21-10-14-23(15-11-21)29(34(31,32)25-8-6-5-7-9-25)20-26(30)28-18-19-33-24-16-12-22(13-17-24)27(2,3)4/h5-17H,18-20H2,1-4H3,(H,28,30). The number of aryl methyl sites for hydroxylation is 1. The first-order valence-electron chi connectivity index (χ1n) is 11.2. The maximum absolute atomic E-state index is 13.3. The molecule has 1 amide bonds. The third-order valence-electron chi connectivity index (χ3n) is 5.35. The zero-order chi connectivity index (χ0) is 24.8. The normalized spacial score (nSPS) is 11.6. The van der Waals surface area contributed by atoms with E-state index >= 15 is 0 Å². The van der Waals surface area contributed by atoms with Gasteiger partial charge in [-0.1, -0.05) is 68.8 Å². The molecule has 0 fully saturated rings. The summed E-state index contributed by atoms with van der Waals surface area (Å²) >= 11 is 0. The van der Waals surface area contributed by atoms with Crippen molar-refractivity contribution in [2.24, 2.45) is 0 Å². The van der Waals surface area contributed by atoms with Gasteiger partial charge in [0.1, 0.15) is 18.9 Å². The van der Waals surface area contributed by atoms with Gasteiger partial charge in [0.05, 0.1) is 17.1 Å². The molecule has 0 unspecified atom stereocenters. The van der Waals surface area contributed by atoms with E-state index in [1.165, 1.54) is 17.7 Å². The molecule has 3 aromatic carbocycles. The van der Waals surface area contributed by atoms with E-state index in [1.54, 1.807) is 30.3 Å². The number of nitrogens with zero attached hydrogens (tertiary/aromatic N) is 1. The fourth-order valence-electron chi connectivity index (χ4n) is 3.34. The van der Waals surface area contributed by atoms with Crippen molar-refractivity contribution < 1.29 is 17.9 Å². The first-order valence-corrected chi connectivity index (χ1v) is 12.7. The van der Waals surface area contributed by atoms with E-state index in [-0.39, 0.29) is 30.0 Å². The van der Waals surface area contributed by atoms with Crippen LogP contribution in [0, 0.1) is 6.92 Å². The number of anilines is 1. The van der Waals surface area contributed by atoms with Gasteiger partial charge >= 0.3 is 0 Å². The highest BCUT2D eigenvalue weighted by Gasteiger charge is 2.27. The van der Waals surface area contributed by atoms with E-state index in [1.807, 2.05) is 43.3 Å². The van der Waals surface area contributed by atoms with Gasteiger partial charge in [-0.2, -0.15) is 0 Å². The van der Waals surface area contributed by atoms with Crippen LogP contribution in [0.4, 0.5) is 5.69 Å². The molecule has 1 N–H and O–H groups in total. The minimum absolute atomic E-state index is 0.0654. The van der Waals surface area contributed by atoms with E-state index in [4.69, 9.17) is 4.74 Å². The molecule has 34 heavy (non-hydrogen) atoms. The number of nitrogens with one attached hydrogen (secondary N) is 1. The van der Waals surface area contributed by atoms with E-state index < -0.39 is 15.9 Å². The van der Waals surface area contributed by atoms with Crippen LogP contribution in [0.25, 0.3) is 0 Å². The summed E-state index contributed by atoms with van der Waals surface area (Å²) in [5.74, 6) is 0.307. The van der Waals surface area contributed by atoms with Gasteiger partial charge in [0.2, 0.25) is 5.91 Å². The molecule has 0 spiro atoms. The number of hydrogen-bond acceptors (Lipinski definition) is 4. The van der Waals surface area contributed by atoms with Crippen LogP contribution in [0.3, 0.4) is 0 Å². The van der Waals surface area contributed by atoms with E-state index in [0.717, 1.165) is 15.6 Å². The van der Waals surface area contributed by atoms with Crippen LogP contribution in [-0.4, -0.2) is 34.0 Å². The number of sulfonamides is 1. The highest BCUT2D eigenvalue weighted by Crippen LogP contribution is 2.25. The van der Waals surface area contributed by atoms with Crippen molar-refractivity contribution in [3.05, 3.63) is 90.0 Å². The third kappa shape index (κ3) is 6.60. The Hall–Kier alpha value is -3.32. The fourth-order valence-corrected chi connectivity index (χ4v) is 4.78. The highest BCUT2D eigenvalue weighted by atomic mass is 32.2. The molecule has 3 rings (SSSR count). The molecule has 0 bridgehead atoms. The molecule has 0 radical (unpaired) electrons. The second-order valence-corrected chi connectivity index (χ2v) is 11.0. The number of ether oxygens (including phenoxy) is 1. The molecule has 180 valence electrons. The summed E-state index contributed by atoms with van der Waals surface area (Å²) in [4.78, 5) is 12.8. The van der Waals surface area contributed by atoms with Crippen LogP contribution in [0.5, 0.6) is 5.75 Å². The van der Waals surface area contributed by atoms with Gasteiger partial charge in [-0.25, -0.2) is 8.42 Å². The molecule has 3 aromatic rings. The van der Waals surface area contributed by atoms with Crippen LogP contribution in [0.1, 0.15) is 31.9 Å². The van der Waals surface area contributed by atoms with E-state index in [0.29, 0.717) is 5.69 Å². The first-order chi connectivity index (χ1) is 16.1. The van der Waals surface area contributed by atoms with Gasteiger partial charge in [0, 0.05) is 0 Å². The SMILES string of the molecule is Cc1ccc(N(CC(=O)NCCOc2ccc(C(C)(C)C)cc2)S(=O)(=O)c2ccccc2)cc1. The molecule has 0 atom stereocenters. The number of rotatable bonds is 9. The van der Waals surface area contributed by atoms with E-state index in [9.17, 15) is 13.2 Å². The quantitative estimate of drug-likeness (QED) is 0.451. The van der Waals surface area contributed by atoms with E-state index in [2.05, 4.69) is 26.1 Å². The van der Waals surface area contributed by atoms with Crippen molar-refractivity contribution in [1.29, 1.82) is 0 Å². The lowest BCUT2D eigenvalue weighted by molar-refractivity contribution is -0.119. The Morgan fingerprint density at radius 3 is 2.12 bits per heavy atom. The summed E-state index contributed by atoms with van der Waals surface area (Å²) in [7, 11) is -3.91. The maximum Gasteiger partial charge on any atom is 0.264 e. The number of benzene rings is 3. The molecule has 0 aliphatic heterocycles. The summed E-state index contributed by atoms with van der Waals surface area (Å²) in [6.45, 7) is 8.57. The lowest BCUT2D eigenvalue weighted by atomic mass is 9.87. The predicted octanol–water partition coefficient (Wildman–Crippen LogP) is 4.68. The fraction of sp³-hybridized carbons (Fsp3) is 0.296. The predicted molar refractivity (Wildman–Crippen MR) is 136 cm³/mol. The molecule has 0 aliphatic carbocycles. The Morgan fingerprint density at radius 1 is 0.912 bits per heavy atom. The minimum atomic E-state index is -3.91. The number of carbonyl (C=O) groups is 1. The molecule has 0 aliphatic rings. The van der Waals surface area contributed by atoms with Gasteiger partial charge in [0.15, 0.2) is 0 Å². The van der Waals surface area contributed by atoms with Gasteiger partial charge < -0.3 is 10.1 Å². The van der Waals surface area contributed by atoms with Gasteiger partial charge in [0.25, 0.3) is 10.0 Å². The van der Waals surface area contributed by atoms with Crippen LogP contribution < -0.4 is 14.4 Å². The van der Waals surface area contributed by atoms with Crippen LogP contribution in [-0.2, 0) is 20.2 Å². The molecular weight excluding hydrogens is 448 g/mol. The average Bonchev–Trinajstić information content (AvgIpc) is 2.81. The average molecular weight is 481 g/mol. The number of hydrogen-bond donors (Lipinski definition) is 1. The third-order valence-corrected chi connectivity index (χ3v) is 7.14. The van der Waals surface area contributed by atoms with Crippen molar-refractivity contribution in [3.8, 4) is 5.75 Å². The molecule has 0 heterocycles. The minimum Gasteiger partial charge on any atom is -0.492 e. The largest absolute Gasteiger partial charge is 0.492 e. The lowest BCUT2D eigenvalue weighted by Crippen LogP contribution is -2.41. The van der Waals surface area contributed by atoms with Crippen LogP contribution in [0.2, 0.25) is 0 Å². The first kappa shape index (κ1) is 25.3. The van der Waals surface area contributed by atoms with Gasteiger partial charge in [-0.3, -0.25) is 9.10 Å². The molecule has 0 aromatic heterocycles.